The van der Waals surface area contributed by atoms with Crippen LogP contribution in [0.2, 0.25) is 0 Å². The van der Waals surface area contributed by atoms with Crippen LogP contribution in [-0.4, -0.2) is 28.9 Å². The fourth-order valence-corrected chi connectivity index (χ4v) is 2.92. The van der Waals surface area contributed by atoms with Gasteiger partial charge in [-0.05, 0) is 38.0 Å². The van der Waals surface area contributed by atoms with E-state index in [1.807, 2.05) is 25.1 Å². The normalized spacial score (nSPS) is 26.3. The van der Waals surface area contributed by atoms with Gasteiger partial charge < -0.3 is 15.1 Å². The maximum absolute atomic E-state index is 9.94. The second-order valence-corrected chi connectivity index (χ2v) is 5.90. The molecule has 1 fully saturated rings. The molecule has 1 aromatic rings. The first-order chi connectivity index (χ1) is 7.89. The van der Waals surface area contributed by atoms with Crippen LogP contribution in [0.5, 0.6) is 0 Å². The third kappa shape index (κ3) is 2.81. The van der Waals surface area contributed by atoms with Crippen molar-refractivity contribution in [3.63, 3.8) is 0 Å². The van der Waals surface area contributed by atoms with Crippen molar-refractivity contribution in [1.29, 1.82) is 0 Å². The summed E-state index contributed by atoms with van der Waals surface area (Å²) in [6.07, 6.45) is 0.322. The summed E-state index contributed by atoms with van der Waals surface area (Å²) in [5.74, 6) is 0. The Balaban J connectivity index is 2.21. The maximum Gasteiger partial charge on any atom is 0.0810 e. The molecule has 1 aliphatic rings. The summed E-state index contributed by atoms with van der Waals surface area (Å²) in [6, 6.07) is 5.93. The molecule has 1 heterocycles. The van der Waals surface area contributed by atoms with Gasteiger partial charge in [-0.1, -0.05) is 22.0 Å². The highest BCUT2D eigenvalue weighted by Crippen LogP contribution is 2.31. The number of hydrogen-bond acceptors (Lipinski definition) is 3. The monoisotopic (exact) mass is 299 g/mol. The van der Waals surface area contributed by atoms with Crippen molar-refractivity contribution >= 4 is 21.6 Å². The molecule has 94 valence electrons. The average molecular weight is 300 g/mol. The lowest BCUT2D eigenvalue weighted by molar-refractivity contribution is 0.0839. The summed E-state index contributed by atoms with van der Waals surface area (Å²) in [4.78, 5) is 2.16. The van der Waals surface area contributed by atoms with E-state index in [1.165, 1.54) is 0 Å². The largest absolute Gasteiger partial charge is 0.389 e. The molecule has 0 aliphatic carbocycles. The van der Waals surface area contributed by atoms with Crippen molar-refractivity contribution in [3.05, 3.63) is 28.2 Å². The lowest BCUT2D eigenvalue weighted by atomic mass is 10.1. The van der Waals surface area contributed by atoms with Crippen LogP contribution in [0, 0.1) is 0 Å². The molecule has 0 bridgehead atoms. The molecule has 1 aliphatic heterocycles. The number of benzene rings is 1. The SMILES string of the molecule is C[C@@H](O)c1ccc(N2CCC(C)(O)C2)cc1Br. The molecule has 0 radical (unpaired) electrons. The number of anilines is 1. The number of nitrogens with zero attached hydrogens (tertiary/aromatic N) is 1. The van der Waals surface area contributed by atoms with E-state index in [0.29, 0.717) is 6.54 Å². The van der Waals surface area contributed by atoms with E-state index in [-0.39, 0.29) is 0 Å². The van der Waals surface area contributed by atoms with Crippen molar-refractivity contribution in [2.24, 2.45) is 0 Å². The van der Waals surface area contributed by atoms with Gasteiger partial charge in [0.2, 0.25) is 0 Å². The summed E-state index contributed by atoms with van der Waals surface area (Å²) in [6.45, 7) is 5.15. The zero-order valence-corrected chi connectivity index (χ0v) is 11.7. The van der Waals surface area contributed by atoms with Gasteiger partial charge in [-0.15, -0.1) is 0 Å². The average Bonchev–Trinajstić information content (AvgIpc) is 2.58. The minimum absolute atomic E-state index is 0.472. The van der Waals surface area contributed by atoms with E-state index in [2.05, 4.69) is 20.8 Å². The van der Waals surface area contributed by atoms with Crippen LogP contribution in [-0.2, 0) is 0 Å². The number of halogens is 1. The minimum atomic E-state index is -0.588. The summed E-state index contributed by atoms with van der Waals surface area (Å²) in [7, 11) is 0. The van der Waals surface area contributed by atoms with E-state index in [4.69, 9.17) is 0 Å². The Bertz CT molecular complexity index is 418. The highest BCUT2D eigenvalue weighted by Gasteiger charge is 2.31. The van der Waals surface area contributed by atoms with Crippen LogP contribution in [0.15, 0.2) is 22.7 Å². The van der Waals surface area contributed by atoms with E-state index in [1.54, 1.807) is 6.92 Å². The van der Waals surface area contributed by atoms with Crippen LogP contribution in [0.25, 0.3) is 0 Å². The van der Waals surface area contributed by atoms with Crippen molar-refractivity contribution in [2.75, 3.05) is 18.0 Å². The Morgan fingerprint density at radius 3 is 2.65 bits per heavy atom. The quantitative estimate of drug-likeness (QED) is 0.882. The second kappa shape index (κ2) is 4.59. The number of hydrogen-bond donors (Lipinski definition) is 2. The van der Waals surface area contributed by atoms with Crippen molar-refractivity contribution in [1.82, 2.24) is 0 Å². The van der Waals surface area contributed by atoms with E-state index in [0.717, 1.165) is 28.7 Å². The lowest BCUT2D eigenvalue weighted by Gasteiger charge is -2.22. The molecule has 17 heavy (non-hydrogen) atoms. The third-order valence-electron chi connectivity index (χ3n) is 3.25. The zero-order valence-electron chi connectivity index (χ0n) is 10.2. The highest BCUT2D eigenvalue weighted by molar-refractivity contribution is 9.10. The fourth-order valence-electron chi connectivity index (χ4n) is 2.22. The number of β-amino-alcohol motifs (C(OH)–C–C–N with tert-alkyl or cyclic N) is 1. The standard InChI is InChI=1S/C13H18BrNO2/c1-9(16)11-4-3-10(7-12(11)14)15-6-5-13(2,17)8-15/h3-4,7,9,16-17H,5-6,8H2,1-2H3/t9-,13?/m1/s1. The van der Waals surface area contributed by atoms with E-state index < -0.39 is 11.7 Å². The number of rotatable bonds is 2. The Morgan fingerprint density at radius 1 is 1.47 bits per heavy atom. The Labute approximate surface area is 110 Å². The number of aliphatic hydroxyl groups excluding tert-OH is 1. The minimum Gasteiger partial charge on any atom is -0.389 e. The molecular weight excluding hydrogens is 282 g/mol. The molecule has 0 aromatic heterocycles. The van der Waals surface area contributed by atoms with Crippen LogP contribution >= 0.6 is 15.9 Å². The van der Waals surface area contributed by atoms with Gasteiger partial charge in [-0.25, -0.2) is 0 Å². The summed E-state index contributed by atoms with van der Waals surface area (Å²) < 4.78 is 0.913. The van der Waals surface area contributed by atoms with Gasteiger partial charge in [-0.2, -0.15) is 0 Å². The van der Waals surface area contributed by atoms with Crippen molar-refractivity contribution in [2.45, 2.75) is 32.0 Å². The molecule has 1 saturated heterocycles. The molecule has 2 atom stereocenters. The molecule has 1 aromatic carbocycles. The number of aliphatic hydroxyl groups is 2. The smallest absolute Gasteiger partial charge is 0.0810 e. The van der Waals surface area contributed by atoms with E-state index in [9.17, 15) is 10.2 Å². The van der Waals surface area contributed by atoms with Crippen molar-refractivity contribution < 1.29 is 10.2 Å². The second-order valence-electron chi connectivity index (χ2n) is 5.05. The third-order valence-corrected chi connectivity index (χ3v) is 3.94. The van der Waals surface area contributed by atoms with Gasteiger partial charge in [-0.3, -0.25) is 0 Å². The van der Waals surface area contributed by atoms with Gasteiger partial charge in [0.1, 0.15) is 0 Å². The van der Waals surface area contributed by atoms with Gasteiger partial charge >= 0.3 is 0 Å². The molecule has 0 amide bonds. The molecular formula is C13H18BrNO2. The van der Waals surface area contributed by atoms with E-state index >= 15 is 0 Å². The van der Waals surface area contributed by atoms with Crippen LogP contribution in [0.3, 0.4) is 0 Å². The van der Waals surface area contributed by atoms with Gasteiger partial charge in [0.15, 0.2) is 0 Å². The first-order valence-corrected chi connectivity index (χ1v) is 6.63. The van der Waals surface area contributed by atoms with Crippen molar-refractivity contribution in [3.8, 4) is 0 Å². The predicted molar refractivity (Wildman–Crippen MR) is 72.2 cm³/mol. The van der Waals surface area contributed by atoms with Gasteiger partial charge in [0.05, 0.1) is 11.7 Å². The topological polar surface area (TPSA) is 43.7 Å². The summed E-state index contributed by atoms with van der Waals surface area (Å²) >= 11 is 3.47. The van der Waals surface area contributed by atoms with Gasteiger partial charge in [0.25, 0.3) is 0 Å². The first kappa shape index (κ1) is 12.9. The Hall–Kier alpha value is -0.580. The van der Waals surface area contributed by atoms with Crippen LogP contribution in [0.1, 0.15) is 31.9 Å². The molecule has 0 spiro atoms. The molecule has 1 unspecified atom stereocenters. The maximum atomic E-state index is 9.94. The zero-order chi connectivity index (χ0) is 12.6. The molecule has 4 heteroatoms. The van der Waals surface area contributed by atoms with Crippen LogP contribution < -0.4 is 4.90 Å². The first-order valence-electron chi connectivity index (χ1n) is 5.84. The molecule has 0 saturated carbocycles. The fraction of sp³-hybridized carbons (Fsp3) is 0.538. The Kier molecular flexibility index (Phi) is 3.48. The molecule has 2 rings (SSSR count). The summed E-state index contributed by atoms with van der Waals surface area (Å²) in [5.41, 5.74) is 1.38. The molecule has 2 N–H and O–H groups in total. The predicted octanol–water partition coefficient (Wildman–Crippen LogP) is 2.46. The van der Waals surface area contributed by atoms with Crippen LogP contribution in [0.4, 0.5) is 5.69 Å². The lowest BCUT2D eigenvalue weighted by Crippen LogP contribution is -2.29. The molecule has 3 nitrogen and oxygen atoms in total. The van der Waals surface area contributed by atoms with Gasteiger partial charge in [0, 0.05) is 23.2 Å². The highest BCUT2D eigenvalue weighted by atomic mass is 79.9. The Morgan fingerprint density at radius 2 is 2.18 bits per heavy atom. The summed E-state index contributed by atoms with van der Waals surface area (Å²) in [5, 5.41) is 19.5.